The third-order valence-corrected chi connectivity index (χ3v) is 8.31. The summed E-state index contributed by atoms with van der Waals surface area (Å²) in [6.45, 7) is 1.97. The highest BCUT2D eigenvalue weighted by atomic mass is 79.9. The predicted octanol–water partition coefficient (Wildman–Crippen LogP) is 4.28. The number of hydrogen-bond donors (Lipinski definition) is 1. The van der Waals surface area contributed by atoms with Gasteiger partial charge in [-0.2, -0.15) is 0 Å². The monoisotopic (exact) mass is 466 g/mol. The summed E-state index contributed by atoms with van der Waals surface area (Å²) in [5, 5.41) is 4.17. The number of hydrogen-bond acceptors (Lipinski definition) is 5. The van der Waals surface area contributed by atoms with Gasteiger partial charge in [-0.25, -0.2) is 4.98 Å². The first-order valence-corrected chi connectivity index (χ1v) is 10.9. The number of esters is 1. The molecule has 27 heavy (non-hydrogen) atoms. The lowest BCUT2D eigenvalue weighted by molar-refractivity contribution is -0.145. The number of aryl methyl sites for hydroxylation is 1. The Balaban J connectivity index is 1.38. The summed E-state index contributed by atoms with van der Waals surface area (Å²) in [6, 6.07) is 7.47. The number of alkyl halides is 1. The second-order valence-corrected chi connectivity index (χ2v) is 10.1. The van der Waals surface area contributed by atoms with Crippen LogP contribution in [0.1, 0.15) is 11.3 Å². The summed E-state index contributed by atoms with van der Waals surface area (Å²) in [6.07, 6.45) is 0.789. The Morgan fingerprint density at radius 3 is 2.81 bits per heavy atom. The molecular formula is C19H16BrClN2O3S. The van der Waals surface area contributed by atoms with Gasteiger partial charge in [-0.05, 0) is 31.4 Å². The zero-order valence-corrected chi connectivity index (χ0v) is 17.5. The maximum atomic E-state index is 13.0. The first kappa shape index (κ1) is 17.6. The summed E-state index contributed by atoms with van der Waals surface area (Å²) >= 11 is 11.0. The maximum absolute atomic E-state index is 13.0. The number of carbonyl (C=O) groups is 2. The Kier molecular flexibility index (Phi) is 4.11. The molecule has 3 fully saturated rings. The summed E-state index contributed by atoms with van der Waals surface area (Å²) in [7, 11) is 0. The lowest BCUT2D eigenvalue weighted by atomic mass is 9.79. The molecule has 2 heterocycles. The van der Waals surface area contributed by atoms with Crippen molar-refractivity contribution >= 4 is 55.9 Å². The van der Waals surface area contributed by atoms with E-state index in [1.165, 1.54) is 11.3 Å². The van der Waals surface area contributed by atoms with E-state index in [9.17, 15) is 9.59 Å². The molecule has 1 saturated heterocycles. The fourth-order valence-electron chi connectivity index (χ4n) is 4.84. The molecule has 8 heteroatoms. The molecule has 0 radical (unpaired) electrons. The van der Waals surface area contributed by atoms with Crippen LogP contribution in [-0.4, -0.2) is 27.8 Å². The van der Waals surface area contributed by atoms with E-state index in [0.29, 0.717) is 10.2 Å². The van der Waals surface area contributed by atoms with Gasteiger partial charge in [0.15, 0.2) is 5.13 Å². The minimum Gasteiger partial charge on any atom is -0.461 e. The van der Waals surface area contributed by atoms with E-state index < -0.39 is 0 Å². The molecule has 0 unspecified atom stereocenters. The van der Waals surface area contributed by atoms with Crippen molar-refractivity contribution in [1.82, 2.24) is 4.98 Å². The highest BCUT2D eigenvalue weighted by molar-refractivity contribution is 9.09. The van der Waals surface area contributed by atoms with E-state index in [-0.39, 0.29) is 46.5 Å². The van der Waals surface area contributed by atoms with Crippen LogP contribution in [0.2, 0.25) is 5.02 Å². The van der Waals surface area contributed by atoms with E-state index >= 15 is 0 Å². The van der Waals surface area contributed by atoms with Crippen LogP contribution in [0.5, 0.6) is 0 Å². The molecule has 1 aromatic heterocycles. The highest BCUT2D eigenvalue weighted by Crippen LogP contribution is 2.60. The van der Waals surface area contributed by atoms with Crippen molar-refractivity contribution in [2.45, 2.75) is 24.3 Å². The van der Waals surface area contributed by atoms with Gasteiger partial charge in [-0.1, -0.05) is 39.7 Å². The van der Waals surface area contributed by atoms with Crippen molar-refractivity contribution in [1.29, 1.82) is 0 Å². The van der Waals surface area contributed by atoms with Gasteiger partial charge >= 0.3 is 5.97 Å². The van der Waals surface area contributed by atoms with E-state index in [2.05, 4.69) is 26.2 Å². The SMILES string of the molecule is Cc1sc(NC(=O)[C@H]2[C@H]3C[C@H]4[C@H](OC(=O)[C@@H]42)[C@@H]3Br)nc1-c1ccc(Cl)cc1. The van der Waals surface area contributed by atoms with Crippen LogP contribution in [-0.2, 0) is 14.3 Å². The van der Waals surface area contributed by atoms with Crippen molar-refractivity contribution in [3.8, 4) is 11.3 Å². The summed E-state index contributed by atoms with van der Waals surface area (Å²) in [4.78, 5) is 30.9. The Bertz CT molecular complexity index is 947. The average Bonchev–Trinajstić information content (AvgIpc) is 3.33. The third-order valence-electron chi connectivity index (χ3n) is 5.97. The van der Waals surface area contributed by atoms with Crippen LogP contribution in [0.25, 0.3) is 11.3 Å². The number of benzene rings is 1. The van der Waals surface area contributed by atoms with E-state index in [0.717, 1.165) is 22.6 Å². The molecule has 1 N–H and O–H groups in total. The number of aromatic nitrogens is 1. The van der Waals surface area contributed by atoms with Crippen molar-refractivity contribution in [3.63, 3.8) is 0 Å². The molecule has 3 aliphatic rings. The number of nitrogens with one attached hydrogen (secondary N) is 1. The Morgan fingerprint density at radius 2 is 2.07 bits per heavy atom. The molecule has 6 atom stereocenters. The molecule has 1 amide bonds. The molecule has 2 saturated carbocycles. The van der Waals surface area contributed by atoms with Gasteiger partial charge in [0.2, 0.25) is 5.91 Å². The molecule has 5 nitrogen and oxygen atoms in total. The summed E-state index contributed by atoms with van der Waals surface area (Å²) in [5.41, 5.74) is 1.79. The van der Waals surface area contributed by atoms with Gasteiger partial charge in [-0.15, -0.1) is 11.3 Å². The molecule has 1 aromatic carbocycles. The average molecular weight is 468 g/mol. The number of rotatable bonds is 3. The highest BCUT2D eigenvalue weighted by Gasteiger charge is 2.67. The summed E-state index contributed by atoms with van der Waals surface area (Å²) in [5.74, 6) is -0.740. The molecule has 5 rings (SSSR count). The van der Waals surface area contributed by atoms with Gasteiger partial charge in [0.1, 0.15) is 6.10 Å². The molecule has 2 bridgehead atoms. The molecule has 2 aromatic rings. The Labute approximate surface area is 173 Å². The quantitative estimate of drug-likeness (QED) is 0.540. The van der Waals surface area contributed by atoms with Crippen LogP contribution in [0, 0.1) is 30.6 Å². The molecule has 2 aliphatic carbocycles. The second kappa shape index (κ2) is 6.29. The van der Waals surface area contributed by atoms with Gasteiger partial charge in [0, 0.05) is 21.4 Å². The predicted molar refractivity (Wildman–Crippen MR) is 107 cm³/mol. The maximum Gasteiger partial charge on any atom is 0.310 e. The number of carbonyl (C=O) groups excluding carboxylic acids is 2. The smallest absolute Gasteiger partial charge is 0.310 e. The van der Waals surface area contributed by atoms with Crippen LogP contribution in [0.4, 0.5) is 5.13 Å². The Hall–Kier alpha value is -1.44. The lowest BCUT2D eigenvalue weighted by Gasteiger charge is -2.27. The minimum atomic E-state index is -0.353. The van der Waals surface area contributed by atoms with Crippen molar-refractivity contribution in [3.05, 3.63) is 34.2 Å². The van der Waals surface area contributed by atoms with E-state index in [4.69, 9.17) is 16.3 Å². The fraction of sp³-hybridized carbons (Fsp3) is 0.421. The second-order valence-electron chi connectivity index (χ2n) is 7.38. The van der Waals surface area contributed by atoms with Gasteiger partial charge in [0.25, 0.3) is 0 Å². The van der Waals surface area contributed by atoms with Gasteiger partial charge in [0.05, 0.1) is 22.4 Å². The first-order valence-electron chi connectivity index (χ1n) is 8.83. The van der Waals surface area contributed by atoms with Crippen molar-refractivity contribution in [2.75, 3.05) is 5.32 Å². The lowest BCUT2D eigenvalue weighted by Crippen LogP contribution is -2.40. The topological polar surface area (TPSA) is 68.3 Å². The number of thiazole rings is 1. The fourth-order valence-corrected chi connectivity index (χ4v) is 6.85. The zero-order valence-electron chi connectivity index (χ0n) is 14.3. The van der Waals surface area contributed by atoms with E-state index in [1.54, 1.807) is 0 Å². The molecule has 140 valence electrons. The van der Waals surface area contributed by atoms with Crippen LogP contribution in [0.3, 0.4) is 0 Å². The van der Waals surface area contributed by atoms with E-state index in [1.807, 2.05) is 31.2 Å². The number of amides is 1. The zero-order chi connectivity index (χ0) is 18.9. The van der Waals surface area contributed by atoms with Crippen molar-refractivity contribution < 1.29 is 14.3 Å². The van der Waals surface area contributed by atoms with Crippen LogP contribution >= 0.6 is 38.9 Å². The number of nitrogens with zero attached hydrogens (tertiary/aromatic N) is 1. The van der Waals surface area contributed by atoms with Crippen LogP contribution < -0.4 is 5.32 Å². The molecule has 0 spiro atoms. The molecular weight excluding hydrogens is 452 g/mol. The third kappa shape index (κ3) is 2.66. The van der Waals surface area contributed by atoms with Gasteiger partial charge in [-0.3, -0.25) is 9.59 Å². The van der Waals surface area contributed by atoms with Gasteiger partial charge < -0.3 is 10.1 Å². The normalized spacial score (nSPS) is 33.4. The number of anilines is 1. The van der Waals surface area contributed by atoms with Crippen molar-refractivity contribution in [2.24, 2.45) is 23.7 Å². The first-order chi connectivity index (χ1) is 12.9. The molecule has 1 aliphatic heterocycles. The Morgan fingerprint density at radius 1 is 1.33 bits per heavy atom. The minimum absolute atomic E-state index is 0.0589. The largest absolute Gasteiger partial charge is 0.461 e. The standard InChI is InChI=1S/C19H16BrClN2O3S/c1-7-15(8-2-4-9(21)5-3-8)22-19(27-7)23-17(24)12-10-6-11-13(12)18(25)26-16(11)14(10)20/h2-5,10-14,16H,6H2,1H3,(H,22,23,24)/t10-,11-,12+,13+,14-,16+/m1/s1. The number of halogens is 2. The number of ether oxygens (including phenoxy) is 1. The summed E-state index contributed by atoms with van der Waals surface area (Å²) < 4.78 is 5.48. The van der Waals surface area contributed by atoms with Crippen LogP contribution in [0.15, 0.2) is 24.3 Å². The number of fused-ring (bicyclic) bond motifs is 1.